The van der Waals surface area contributed by atoms with Crippen LogP contribution in [0.5, 0.6) is 0 Å². The van der Waals surface area contributed by atoms with E-state index in [4.69, 9.17) is 23.2 Å². The summed E-state index contributed by atoms with van der Waals surface area (Å²) in [6.45, 7) is 0. The van der Waals surface area contributed by atoms with E-state index in [1.807, 2.05) is 12.1 Å². The fourth-order valence-electron chi connectivity index (χ4n) is 2.15. The van der Waals surface area contributed by atoms with Crippen LogP contribution >= 0.6 is 23.2 Å². The van der Waals surface area contributed by atoms with Gasteiger partial charge in [0.1, 0.15) is 11.6 Å². The van der Waals surface area contributed by atoms with Gasteiger partial charge in [-0.3, -0.25) is 0 Å². The summed E-state index contributed by atoms with van der Waals surface area (Å²) in [4.78, 5) is 0. The van der Waals surface area contributed by atoms with Crippen molar-refractivity contribution in [3.05, 3.63) is 70.2 Å². The normalized spacial score (nSPS) is 12.4. The molecule has 0 bridgehead atoms. The average Bonchev–Trinajstić information content (AvgIpc) is 2.44. The predicted molar refractivity (Wildman–Crippen MR) is 79.4 cm³/mol. The highest BCUT2D eigenvalue weighted by Gasteiger charge is 2.15. The van der Waals surface area contributed by atoms with Crippen molar-refractivity contribution < 1.29 is 8.78 Å². The lowest BCUT2D eigenvalue weighted by Gasteiger charge is -2.15. The summed E-state index contributed by atoms with van der Waals surface area (Å²) in [6.07, 6.45) is 0.944. The lowest BCUT2D eigenvalue weighted by atomic mass is 9.93. The summed E-state index contributed by atoms with van der Waals surface area (Å²) < 4.78 is 27.3. The molecule has 0 aliphatic rings. The van der Waals surface area contributed by atoms with Crippen molar-refractivity contribution in [2.24, 2.45) is 5.92 Å². The Morgan fingerprint density at radius 1 is 0.900 bits per heavy atom. The highest BCUT2D eigenvalue weighted by atomic mass is 35.5. The van der Waals surface area contributed by atoms with Crippen molar-refractivity contribution in [2.75, 3.05) is 5.88 Å². The first-order valence-electron chi connectivity index (χ1n) is 6.33. The Morgan fingerprint density at radius 2 is 1.50 bits per heavy atom. The van der Waals surface area contributed by atoms with Crippen LogP contribution in [0.4, 0.5) is 8.78 Å². The molecule has 0 amide bonds. The molecule has 2 aromatic carbocycles. The molecule has 0 saturated heterocycles. The van der Waals surface area contributed by atoms with Gasteiger partial charge in [-0.05, 0) is 48.6 Å². The van der Waals surface area contributed by atoms with Crippen molar-refractivity contribution >= 4 is 23.2 Å². The van der Waals surface area contributed by atoms with Crippen LogP contribution < -0.4 is 0 Å². The zero-order valence-electron chi connectivity index (χ0n) is 10.8. The van der Waals surface area contributed by atoms with Crippen LogP contribution in [-0.4, -0.2) is 5.88 Å². The molecule has 2 rings (SSSR count). The highest BCUT2D eigenvalue weighted by Crippen LogP contribution is 2.21. The largest absolute Gasteiger partial charge is 0.207 e. The van der Waals surface area contributed by atoms with Crippen molar-refractivity contribution in [3.63, 3.8) is 0 Å². The molecule has 0 aliphatic carbocycles. The molecule has 0 fully saturated rings. The van der Waals surface area contributed by atoms with E-state index in [1.54, 1.807) is 12.1 Å². The van der Waals surface area contributed by atoms with Crippen LogP contribution in [-0.2, 0) is 12.8 Å². The third-order valence-corrected chi connectivity index (χ3v) is 3.90. The molecule has 1 unspecified atom stereocenters. The maximum atomic E-state index is 13.6. The maximum absolute atomic E-state index is 13.6. The molecule has 0 heterocycles. The minimum Gasteiger partial charge on any atom is -0.207 e. The molecule has 2 aromatic rings. The lowest BCUT2D eigenvalue weighted by Crippen LogP contribution is -2.12. The first-order chi connectivity index (χ1) is 9.60. The molecule has 0 nitrogen and oxygen atoms in total. The molecule has 0 saturated carbocycles. The Morgan fingerprint density at radius 3 is 2.05 bits per heavy atom. The summed E-state index contributed by atoms with van der Waals surface area (Å²) in [5, 5.41) is 0.663. The SMILES string of the molecule is Fc1cccc(F)c1CC(CCl)Cc1ccc(Cl)cc1. The minimum absolute atomic E-state index is 0.0238. The lowest BCUT2D eigenvalue weighted by molar-refractivity contribution is 0.508. The first-order valence-corrected chi connectivity index (χ1v) is 7.24. The summed E-state index contributed by atoms with van der Waals surface area (Å²) in [5.74, 6) is -0.715. The smallest absolute Gasteiger partial charge is 0.129 e. The van der Waals surface area contributed by atoms with Gasteiger partial charge in [0.05, 0.1) is 0 Å². The highest BCUT2D eigenvalue weighted by molar-refractivity contribution is 6.30. The Balaban J connectivity index is 2.11. The molecule has 0 N–H and O–H groups in total. The van der Waals surface area contributed by atoms with Gasteiger partial charge in [0.15, 0.2) is 0 Å². The number of alkyl halides is 1. The van der Waals surface area contributed by atoms with Gasteiger partial charge in [-0.25, -0.2) is 8.78 Å². The third-order valence-electron chi connectivity index (χ3n) is 3.21. The van der Waals surface area contributed by atoms with Gasteiger partial charge in [-0.15, -0.1) is 11.6 Å². The van der Waals surface area contributed by atoms with Crippen LogP contribution in [0, 0.1) is 17.6 Å². The summed E-state index contributed by atoms with van der Waals surface area (Å²) in [6, 6.07) is 11.3. The quantitative estimate of drug-likeness (QED) is 0.660. The molecule has 0 radical (unpaired) electrons. The van der Waals surface area contributed by atoms with E-state index in [0.29, 0.717) is 17.3 Å². The predicted octanol–water partition coefficient (Wildman–Crippen LogP) is 5.26. The molecule has 4 heteroatoms. The average molecular weight is 315 g/mol. The molecule has 0 aliphatic heterocycles. The molecule has 106 valence electrons. The van der Waals surface area contributed by atoms with E-state index in [2.05, 4.69) is 0 Å². The van der Waals surface area contributed by atoms with Gasteiger partial charge < -0.3 is 0 Å². The summed E-state index contributed by atoms with van der Waals surface area (Å²) in [7, 11) is 0. The van der Waals surface area contributed by atoms with Gasteiger partial charge >= 0.3 is 0 Å². The van der Waals surface area contributed by atoms with E-state index in [-0.39, 0.29) is 17.9 Å². The van der Waals surface area contributed by atoms with Gasteiger partial charge in [0, 0.05) is 16.5 Å². The van der Waals surface area contributed by atoms with Crippen LogP contribution in [0.1, 0.15) is 11.1 Å². The van der Waals surface area contributed by atoms with Crippen molar-refractivity contribution in [1.82, 2.24) is 0 Å². The number of benzene rings is 2. The number of hydrogen-bond donors (Lipinski definition) is 0. The molecular weight excluding hydrogens is 301 g/mol. The van der Waals surface area contributed by atoms with Crippen molar-refractivity contribution in [1.29, 1.82) is 0 Å². The molecule has 0 spiro atoms. The molecule has 0 aromatic heterocycles. The monoisotopic (exact) mass is 314 g/mol. The zero-order chi connectivity index (χ0) is 14.5. The number of halogens is 4. The third kappa shape index (κ3) is 3.94. The number of rotatable bonds is 5. The van der Waals surface area contributed by atoms with E-state index in [0.717, 1.165) is 5.56 Å². The van der Waals surface area contributed by atoms with Gasteiger partial charge in [-0.2, -0.15) is 0 Å². The van der Waals surface area contributed by atoms with Crippen molar-refractivity contribution in [2.45, 2.75) is 12.8 Å². The second-order valence-electron chi connectivity index (χ2n) is 4.76. The standard InChI is InChI=1S/C16H14Cl2F2/c17-10-12(8-11-4-6-13(18)7-5-11)9-14-15(19)2-1-3-16(14)20/h1-7,12H,8-10H2. The second kappa shape index (κ2) is 7.05. The fourth-order valence-corrected chi connectivity index (χ4v) is 2.50. The Kier molecular flexibility index (Phi) is 5.38. The van der Waals surface area contributed by atoms with Crippen LogP contribution in [0.25, 0.3) is 0 Å². The minimum atomic E-state index is -0.517. The van der Waals surface area contributed by atoms with E-state index >= 15 is 0 Å². The number of hydrogen-bond acceptors (Lipinski definition) is 0. The first kappa shape index (κ1) is 15.3. The Hall–Kier alpha value is -1.12. The molecule has 1 atom stereocenters. The van der Waals surface area contributed by atoms with Gasteiger partial charge in [0.2, 0.25) is 0 Å². The summed E-state index contributed by atoms with van der Waals surface area (Å²) in [5.41, 5.74) is 1.16. The summed E-state index contributed by atoms with van der Waals surface area (Å²) >= 11 is 11.8. The van der Waals surface area contributed by atoms with Crippen LogP contribution in [0.3, 0.4) is 0 Å². The van der Waals surface area contributed by atoms with E-state index < -0.39 is 11.6 Å². The topological polar surface area (TPSA) is 0 Å². The van der Waals surface area contributed by atoms with Gasteiger partial charge in [-0.1, -0.05) is 29.8 Å². The Bertz CT molecular complexity index is 547. The zero-order valence-corrected chi connectivity index (χ0v) is 12.3. The molecule has 20 heavy (non-hydrogen) atoms. The fraction of sp³-hybridized carbons (Fsp3) is 0.250. The molecular formula is C16H14Cl2F2. The van der Waals surface area contributed by atoms with E-state index in [9.17, 15) is 8.78 Å². The van der Waals surface area contributed by atoms with Crippen LogP contribution in [0.2, 0.25) is 5.02 Å². The van der Waals surface area contributed by atoms with Crippen molar-refractivity contribution in [3.8, 4) is 0 Å². The van der Waals surface area contributed by atoms with Gasteiger partial charge in [0.25, 0.3) is 0 Å². The Labute approximate surface area is 127 Å². The maximum Gasteiger partial charge on any atom is 0.129 e. The van der Waals surface area contributed by atoms with Crippen LogP contribution in [0.15, 0.2) is 42.5 Å². The second-order valence-corrected chi connectivity index (χ2v) is 5.50. The van der Waals surface area contributed by atoms with E-state index in [1.165, 1.54) is 18.2 Å².